The van der Waals surface area contributed by atoms with Gasteiger partial charge in [0, 0.05) is 23.6 Å². The van der Waals surface area contributed by atoms with Gasteiger partial charge < -0.3 is 5.73 Å². The van der Waals surface area contributed by atoms with Crippen LogP contribution >= 0.6 is 0 Å². The highest BCUT2D eigenvalue weighted by atomic mass is 16.1. The number of aryl methyl sites for hydroxylation is 1. The molecule has 1 aromatic heterocycles. The highest BCUT2D eigenvalue weighted by molar-refractivity contribution is 5.45. The average molecular weight is 200 g/mol. The Kier molecular flexibility index (Phi) is 2.29. The molecule has 2 aromatic rings. The molecule has 0 aliphatic rings. The van der Waals surface area contributed by atoms with E-state index in [9.17, 15) is 4.79 Å². The maximum absolute atomic E-state index is 11.6. The van der Waals surface area contributed by atoms with Gasteiger partial charge in [-0.2, -0.15) is 0 Å². The minimum Gasteiger partial charge on any atom is -0.399 e. The summed E-state index contributed by atoms with van der Waals surface area (Å²) >= 11 is 0. The zero-order chi connectivity index (χ0) is 10.8. The first-order valence-corrected chi connectivity index (χ1v) is 4.72. The second kappa shape index (κ2) is 3.61. The van der Waals surface area contributed by atoms with Crippen LogP contribution in [0, 0.1) is 6.92 Å². The van der Waals surface area contributed by atoms with E-state index in [4.69, 9.17) is 5.73 Å². The van der Waals surface area contributed by atoms with E-state index in [1.807, 2.05) is 25.3 Å². The van der Waals surface area contributed by atoms with E-state index in [0.29, 0.717) is 5.69 Å². The van der Waals surface area contributed by atoms with Crippen molar-refractivity contribution in [3.8, 4) is 5.69 Å². The molecule has 3 nitrogen and oxygen atoms in total. The summed E-state index contributed by atoms with van der Waals surface area (Å²) in [4.78, 5) is 11.6. The van der Waals surface area contributed by atoms with Crippen molar-refractivity contribution in [2.75, 3.05) is 5.73 Å². The first kappa shape index (κ1) is 9.52. The number of benzene rings is 1. The first-order valence-electron chi connectivity index (χ1n) is 4.72. The maximum Gasteiger partial charge on any atom is 0.255 e. The number of hydrogen-bond acceptors (Lipinski definition) is 2. The van der Waals surface area contributed by atoms with Crippen LogP contribution in [0.5, 0.6) is 0 Å². The summed E-state index contributed by atoms with van der Waals surface area (Å²) in [5.74, 6) is 0. The van der Waals surface area contributed by atoms with Gasteiger partial charge in [-0.05, 0) is 36.8 Å². The van der Waals surface area contributed by atoms with Gasteiger partial charge in [-0.15, -0.1) is 0 Å². The first-order chi connectivity index (χ1) is 7.16. The number of nitrogens with two attached hydrogens (primary N) is 1. The van der Waals surface area contributed by atoms with E-state index in [-0.39, 0.29) is 5.56 Å². The van der Waals surface area contributed by atoms with Crippen LogP contribution in [-0.2, 0) is 0 Å². The molecule has 2 N–H and O–H groups in total. The summed E-state index contributed by atoms with van der Waals surface area (Å²) in [7, 11) is 0. The Morgan fingerprint density at radius 1 is 1.07 bits per heavy atom. The third-order valence-electron chi connectivity index (χ3n) is 2.23. The van der Waals surface area contributed by atoms with Gasteiger partial charge in [0.25, 0.3) is 5.56 Å². The fraction of sp³-hybridized carbons (Fsp3) is 0.0833. The van der Waals surface area contributed by atoms with Crippen LogP contribution in [0.3, 0.4) is 0 Å². The summed E-state index contributed by atoms with van der Waals surface area (Å²) < 4.78 is 1.61. The monoisotopic (exact) mass is 200 g/mol. The van der Waals surface area contributed by atoms with Gasteiger partial charge in [0.2, 0.25) is 0 Å². The van der Waals surface area contributed by atoms with Crippen molar-refractivity contribution in [3.05, 3.63) is 58.5 Å². The van der Waals surface area contributed by atoms with Crippen molar-refractivity contribution in [3.63, 3.8) is 0 Å². The second-order valence-corrected chi connectivity index (χ2v) is 3.51. The predicted octanol–water partition coefficient (Wildman–Crippen LogP) is 1.73. The van der Waals surface area contributed by atoms with Gasteiger partial charge >= 0.3 is 0 Å². The van der Waals surface area contributed by atoms with E-state index in [1.54, 1.807) is 28.8 Å². The zero-order valence-electron chi connectivity index (χ0n) is 8.47. The Morgan fingerprint density at radius 3 is 2.40 bits per heavy atom. The maximum atomic E-state index is 11.6. The molecule has 1 aromatic carbocycles. The molecule has 2 rings (SSSR count). The standard InChI is InChI=1S/C12H12N2O/c1-9-2-7-12(15)14(8-9)11-5-3-10(13)4-6-11/h2-8H,13H2,1H3. The van der Waals surface area contributed by atoms with E-state index in [1.165, 1.54) is 0 Å². The zero-order valence-corrected chi connectivity index (χ0v) is 8.47. The SMILES string of the molecule is Cc1ccc(=O)n(-c2ccc(N)cc2)c1. The topological polar surface area (TPSA) is 48.0 Å². The van der Waals surface area contributed by atoms with Crippen molar-refractivity contribution in [1.82, 2.24) is 4.57 Å². The highest BCUT2D eigenvalue weighted by Crippen LogP contribution is 2.09. The van der Waals surface area contributed by atoms with E-state index in [2.05, 4.69) is 0 Å². The fourth-order valence-electron chi connectivity index (χ4n) is 1.43. The van der Waals surface area contributed by atoms with Crippen LogP contribution in [0.15, 0.2) is 47.4 Å². The van der Waals surface area contributed by atoms with Crippen molar-refractivity contribution >= 4 is 5.69 Å². The summed E-state index contributed by atoms with van der Waals surface area (Å²) in [6, 6.07) is 10.6. The second-order valence-electron chi connectivity index (χ2n) is 3.51. The number of aromatic nitrogens is 1. The molecule has 0 radical (unpaired) electrons. The molecule has 3 heteroatoms. The lowest BCUT2D eigenvalue weighted by Crippen LogP contribution is -2.16. The summed E-state index contributed by atoms with van der Waals surface area (Å²) in [6.07, 6.45) is 1.81. The van der Waals surface area contributed by atoms with Crippen LogP contribution in [-0.4, -0.2) is 4.57 Å². The van der Waals surface area contributed by atoms with E-state index >= 15 is 0 Å². The van der Waals surface area contributed by atoms with Gasteiger partial charge in [0.1, 0.15) is 0 Å². The van der Waals surface area contributed by atoms with Crippen molar-refractivity contribution in [1.29, 1.82) is 0 Å². The van der Waals surface area contributed by atoms with Crippen molar-refractivity contribution in [2.24, 2.45) is 0 Å². The largest absolute Gasteiger partial charge is 0.399 e. The summed E-state index contributed by atoms with van der Waals surface area (Å²) in [6.45, 7) is 1.95. The van der Waals surface area contributed by atoms with Crippen molar-refractivity contribution < 1.29 is 0 Å². The summed E-state index contributed by atoms with van der Waals surface area (Å²) in [5, 5.41) is 0. The molecule has 0 aliphatic heterocycles. The van der Waals surface area contributed by atoms with E-state index in [0.717, 1.165) is 11.3 Å². The molecule has 0 amide bonds. The Labute approximate surface area is 87.8 Å². The molecule has 0 spiro atoms. The highest BCUT2D eigenvalue weighted by Gasteiger charge is 1.98. The van der Waals surface area contributed by atoms with Crippen LogP contribution in [0.25, 0.3) is 5.69 Å². The minimum absolute atomic E-state index is 0.0367. The lowest BCUT2D eigenvalue weighted by Gasteiger charge is -2.06. The van der Waals surface area contributed by atoms with Gasteiger partial charge in [-0.1, -0.05) is 6.07 Å². The third-order valence-corrected chi connectivity index (χ3v) is 2.23. The molecule has 0 bridgehead atoms. The normalized spacial score (nSPS) is 10.2. The van der Waals surface area contributed by atoms with Crippen LogP contribution in [0.4, 0.5) is 5.69 Å². The lowest BCUT2D eigenvalue weighted by molar-refractivity contribution is 0.977. The molecule has 0 unspecified atom stereocenters. The van der Waals surface area contributed by atoms with Crippen LogP contribution in [0.1, 0.15) is 5.56 Å². The number of hydrogen-bond donors (Lipinski definition) is 1. The number of nitrogen functional groups attached to an aromatic ring is 1. The Morgan fingerprint density at radius 2 is 1.73 bits per heavy atom. The molecular weight excluding hydrogens is 188 g/mol. The van der Waals surface area contributed by atoms with Crippen LogP contribution < -0.4 is 11.3 Å². The Bertz CT molecular complexity index is 526. The molecule has 0 fully saturated rings. The number of anilines is 1. The predicted molar refractivity (Wildman–Crippen MR) is 61.2 cm³/mol. The molecule has 0 saturated heterocycles. The molecule has 0 saturated carbocycles. The molecule has 0 aliphatic carbocycles. The minimum atomic E-state index is -0.0367. The van der Waals surface area contributed by atoms with Gasteiger partial charge in [-0.3, -0.25) is 9.36 Å². The van der Waals surface area contributed by atoms with Crippen LogP contribution in [0.2, 0.25) is 0 Å². The Balaban J connectivity index is 2.58. The number of nitrogens with zero attached hydrogens (tertiary/aromatic N) is 1. The molecule has 0 atom stereocenters. The number of rotatable bonds is 1. The summed E-state index contributed by atoms with van der Waals surface area (Å²) in [5.41, 5.74) is 8.12. The molecule has 1 heterocycles. The fourth-order valence-corrected chi connectivity index (χ4v) is 1.43. The smallest absolute Gasteiger partial charge is 0.255 e. The lowest BCUT2D eigenvalue weighted by atomic mass is 10.2. The van der Waals surface area contributed by atoms with Gasteiger partial charge in [0.05, 0.1) is 0 Å². The number of pyridine rings is 1. The molecular formula is C12H12N2O. The average Bonchev–Trinajstić information content (AvgIpc) is 2.23. The van der Waals surface area contributed by atoms with Crippen molar-refractivity contribution in [2.45, 2.75) is 6.92 Å². The third kappa shape index (κ3) is 1.91. The van der Waals surface area contributed by atoms with Gasteiger partial charge in [-0.25, -0.2) is 0 Å². The Hall–Kier alpha value is -2.03. The quantitative estimate of drug-likeness (QED) is 0.712. The van der Waals surface area contributed by atoms with E-state index < -0.39 is 0 Å². The molecule has 76 valence electrons. The van der Waals surface area contributed by atoms with Gasteiger partial charge in [0.15, 0.2) is 0 Å². The molecule has 15 heavy (non-hydrogen) atoms.